The number of aryl methyl sites for hydroxylation is 1. The van der Waals surface area contributed by atoms with Gasteiger partial charge in [-0.15, -0.1) is 18.3 Å². The van der Waals surface area contributed by atoms with Gasteiger partial charge in [0.15, 0.2) is 0 Å². The molecule has 46 heavy (non-hydrogen) atoms. The van der Waals surface area contributed by atoms with Crippen LogP contribution in [0.15, 0.2) is 36.4 Å². The van der Waals surface area contributed by atoms with Crippen LogP contribution in [0.4, 0.5) is 51.1 Å². The van der Waals surface area contributed by atoms with E-state index in [4.69, 9.17) is 0 Å². The number of halogens is 9. The van der Waals surface area contributed by atoms with Gasteiger partial charge in [0.1, 0.15) is 5.75 Å². The molecule has 1 amide bonds. The number of carbonyl (C=O) groups is 1. The van der Waals surface area contributed by atoms with Gasteiger partial charge in [-0.2, -0.15) is 31.1 Å². The maximum Gasteiger partial charge on any atom is 0.573 e. The number of nitrogens with zero attached hydrogens (tertiary/aromatic N) is 6. The summed E-state index contributed by atoms with van der Waals surface area (Å²) in [5, 5.41) is 11.8. The maximum absolute atomic E-state index is 13.8. The molecule has 0 saturated heterocycles. The van der Waals surface area contributed by atoms with Crippen molar-refractivity contribution >= 4 is 17.5 Å². The van der Waals surface area contributed by atoms with Gasteiger partial charge in [-0.1, -0.05) is 24.9 Å². The number of amides is 1. The summed E-state index contributed by atoms with van der Waals surface area (Å²) < 4.78 is 126. The van der Waals surface area contributed by atoms with E-state index in [9.17, 15) is 44.3 Å². The Balaban J connectivity index is 1.67. The van der Waals surface area contributed by atoms with Crippen molar-refractivity contribution in [1.29, 1.82) is 0 Å². The Bertz CT molecular complexity index is 1530. The molecule has 250 valence electrons. The maximum atomic E-state index is 13.8. The van der Waals surface area contributed by atoms with E-state index in [1.54, 1.807) is 11.8 Å². The van der Waals surface area contributed by atoms with Crippen LogP contribution in [0.1, 0.15) is 73.7 Å². The summed E-state index contributed by atoms with van der Waals surface area (Å²) in [6.45, 7) is 1.19. The third-order valence-corrected chi connectivity index (χ3v) is 8.26. The molecular weight excluding hydrogens is 635 g/mol. The Morgan fingerprint density at radius 1 is 0.957 bits per heavy atom. The second-order valence-corrected chi connectivity index (χ2v) is 11.4. The minimum Gasteiger partial charge on any atom is -0.406 e. The molecule has 1 aliphatic carbocycles. The van der Waals surface area contributed by atoms with Gasteiger partial charge >= 0.3 is 18.7 Å². The minimum atomic E-state index is -5.11. The summed E-state index contributed by atoms with van der Waals surface area (Å²) in [5.41, 5.74) is -3.09. The molecule has 0 unspecified atom stereocenters. The van der Waals surface area contributed by atoms with E-state index in [0.717, 1.165) is 29.8 Å². The Kier molecular flexibility index (Phi) is 8.90. The normalized spacial score (nSPS) is 19.3. The van der Waals surface area contributed by atoms with Crippen molar-refractivity contribution in [3.63, 3.8) is 0 Å². The summed E-state index contributed by atoms with van der Waals surface area (Å²) in [6.07, 6.45) is -11.9. The highest BCUT2D eigenvalue weighted by atomic mass is 19.4. The van der Waals surface area contributed by atoms with Crippen LogP contribution in [0, 0.1) is 5.92 Å². The number of alkyl halides is 9. The smallest absolute Gasteiger partial charge is 0.406 e. The fourth-order valence-corrected chi connectivity index (χ4v) is 6.23. The van der Waals surface area contributed by atoms with Gasteiger partial charge in [0.25, 0.3) is 5.95 Å². The highest BCUT2D eigenvalue weighted by Crippen LogP contribution is 2.46. The number of carbonyl (C=O) groups excluding carboxylic acids is 1. The van der Waals surface area contributed by atoms with Crippen molar-refractivity contribution in [3.8, 4) is 5.75 Å². The van der Waals surface area contributed by atoms with Crippen molar-refractivity contribution in [2.24, 2.45) is 13.0 Å². The molecule has 3 aromatic rings. The molecule has 2 heterocycles. The third kappa shape index (κ3) is 7.17. The molecule has 2 atom stereocenters. The predicted molar refractivity (Wildman–Crippen MR) is 145 cm³/mol. The van der Waals surface area contributed by atoms with Gasteiger partial charge in [-0.05, 0) is 72.9 Å². The molecule has 1 saturated carbocycles. The molecule has 0 bridgehead atoms. The van der Waals surface area contributed by atoms with Gasteiger partial charge in [0.05, 0.1) is 24.2 Å². The number of aromatic nitrogens is 4. The molecule has 2 aromatic carbocycles. The minimum absolute atomic E-state index is 0.00466. The van der Waals surface area contributed by atoms with Crippen LogP contribution in [0.5, 0.6) is 5.75 Å². The second kappa shape index (κ2) is 12.3. The summed E-state index contributed by atoms with van der Waals surface area (Å²) in [4.78, 5) is 17.7. The summed E-state index contributed by atoms with van der Waals surface area (Å²) in [6, 6.07) is 3.05. The van der Waals surface area contributed by atoms with Gasteiger partial charge in [0, 0.05) is 29.8 Å². The number of hydrogen-bond acceptors (Lipinski definition) is 6. The lowest BCUT2D eigenvalue weighted by Crippen LogP contribution is -2.49. The topological polar surface area (TPSA) is 76.4 Å². The van der Waals surface area contributed by atoms with Crippen molar-refractivity contribution in [1.82, 2.24) is 20.2 Å². The molecule has 1 aromatic heterocycles. The van der Waals surface area contributed by atoms with Crippen molar-refractivity contribution in [2.45, 2.75) is 82.8 Å². The van der Waals surface area contributed by atoms with E-state index < -0.39 is 59.8 Å². The summed E-state index contributed by atoms with van der Waals surface area (Å²) in [5.74, 6) is -1.32. The fraction of sp³-hybridized carbons (Fsp3) is 0.517. The first kappa shape index (κ1) is 33.3. The standard InChI is InChI=1S/C29H29F9N6O2/c1-3-20-13-24(22-14-21(46-29(36,37)38)8-9-23(22)44(20)25(45)17-6-4-5-7-17)43(26-39-41-42(2)40-26)15-16-10-18(27(30,31)32)12-19(11-16)28(33,34)35/h8-12,14,17,20,24H,3-7,13,15H2,1-2H3/t20-,24+/m1/s1. The molecule has 17 heteroatoms. The van der Waals surface area contributed by atoms with Gasteiger partial charge < -0.3 is 14.5 Å². The molecule has 5 rings (SSSR count). The molecule has 1 fully saturated rings. The number of benzene rings is 2. The molecular formula is C29H29F9N6O2. The van der Waals surface area contributed by atoms with Gasteiger partial charge in [0.2, 0.25) is 5.91 Å². The molecule has 0 radical (unpaired) electrons. The monoisotopic (exact) mass is 664 g/mol. The summed E-state index contributed by atoms with van der Waals surface area (Å²) >= 11 is 0. The van der Waals surface area contributed by atoms with E-state index in [1.807, 2.05) is 0 Å². The lowest BCUT2D eigenvalue weighted by molar-refractivity contribution is -0.274. The largest absolute Gasteiger partial charge is 0.573 e. The van der Waals surface area contributed by atoms with Crippen molar-refractivity contribution < 1.29 is 49.0 Å². The number of ether oxygens (including phenoxy) is 1. The highest BCUT2D eigenvalue weighted by molar-refractivity contribution is 5.97. The van der Waals surface area contributed by atoms with Gasteiger partial charge in [-0.25, -0.2) is 0 Å². The zero-order chi connectivity index (χ0) is 33.6. The van der Waals surface area contributed by atoms with Gasteiger partial charge in [-0.3, -0.25) is 4.79 Å². The van der Waals surface area contributed by atoms with Crippen LogP contribution in [-0.4, -0.2) is 38.5 Å². The average molecular weight is 665 g/mol. The quantitative estimate of drug-likeness (QED) is 0.242. The first-order valence-corrected chi connectivity index (χ1v) is 14.5. The third-order valence-electron chi connectivity index (χ3n) is 8.26. The molecule has 8 nitrogen and oxygen atoms in total. The van der Waals surface area contributed by atoms with E-state index in [0.29, 0.717) is 31.4 Å². The van der Waals surface area contributed by atoms with Crippen LogP contribution in [0.3, 0.4) is 0 Å². The first-order chi connectivity index (χ1) is 21.4. The van der Waals surface area contributed by atoms with Crippen LogP contribution in [-0.2, 0) is 30.7 Å². The van der Waals surface area contributed by atoms with E-state index >= 15 is 0 Å². The molecule has 2 aliphatic rings. The number of anilines is 2. The van der Waals surface area contributed by atoms with E-state index in [1.165, 1.54) is 18.0 Å². The Labute approximate surface area is 257 Å². The highest BCUT2D eigenvalue weighted by Gasteiger charge is 2.43. The Hall–Kier alpha value is -4.05. The first-order valence-electron chi connectivity index (χ1n) is 14.5. The average Bonchev–Trinajstić information content (AvgIpc) is 3.65. The number of tetrazole rings is 1. The van der Waals surface area contributed by atoms with E-state index in [-0.39, 0.29) is 41.5 Å². The zero-order valence-corrected chi connectivity index (χ0v) is 24.5. The zero-order valence-electron chi connectivity index (χ0n) is 24.5. The molecule has 0 N–H and O–H groups in total. The number of hydrogen-bond donors (Lipinski definition) is 0. The SMILES string of the molecule is CC[C@@H]1C[C@H](N(Cc2cc(C(F)(F)F)cc(C(F)(F)F)c2)c2nnn(C)n2)c2cc(OC(F)(F)F)ccc2N1C(=O)C1CCCC1. The lowest BCUT2D eigenvalue weighted by atomic mass is 9.87. The van der Waals surface area contributed by atoms with Crippen molar-refractivity contribution in [2.75, 3.05) is 9.80 Å². The van der Waals surface area contributed by atoms with Crippen LogP contribution in [0.2, 0.25) is 0 Å². The Morgan fingerprint density at radius 2 is 1.59 bits per heavy atom. The summed E-state index contributed by atoms with van der Waals surface area (Å²) in [7, 11) is 1.39. The van der Waals surface area contributed by atoms with E-state index in [2.05, 4.69) is 20.1 Å². The van der Waals surface area contributed by atoms with Crippen LogP contribution < -0.4 is 14.5 Å². The molecule has 1 aliphatic heterocycles. The predicted octanol–water partition coefficient (Wildman–Crippen LogP) is 7.60. The number of fused-ring (bicyclic) bond motifs is 1. The number of rotatable bonds is 7. The fourth-order valence-electron chi connectivity index (χ4n) is 6.23. The lowest BCUT2D eigenvalue weighted by Gasteiger charge is -2.45. The molecule has 0 spiro atoms. The van der Waals surface area contributed by atoms with Crippen molar-refractivity contribution in [3.05, 3.63) is 58.7 Å². The van der Waals surface area contributed by atoms with Crippen LogP contribution >= 0.6 is 0 Å². The van der Waals surface area contributed by atoms with Crippen LogP contribution in [0.25, 0.3) is 0 Å². The second-order valence-electron chi connectivity index (χ2n) is 11.4. The Morgan fingerprint density at radius 3 is 2.11 bits per heavy atom.